The third-order valence-electron chi connectivity index (χ3n) is 2.18. The van der Waals surface area contributed by atoms with Crippen molar-refractivity contribution in [3.63, 3.8) is 0 Å². The number of methoxy groups -OCH3 is 1. The average Bonchev–Trinajstić information content (AvgIpc) is 2.95. The summed E-state index contributed by atoms with van der Waals surface area (Å²) in [6, 6.07) is 5.11. The number of esters is 1. The zero-order chi connectivity index (χ0) is 13.1. The minimum absolute atomic E-state index is 0.185. The van der Waals surface area contributed by atoms with Crippen molar-refractivity contribution >= 4 is 23.3 Å². The first-order valence-electron chi connectivity index (χ1n) is 5.04. The highest BCUT2D eigenvalue weighted by Crippen LogP contribution is 2.26. The highest BCUT2D eigenvalue weighted by molar-refractivity contribution is 7.17. The molecule has 94 valence electrons. The number of aliphatic carboxylic acids is 1. The molecule has 2 aromatic rings. The molecule has 7 heteroatoms. The summed E-state index contributed by atoms with van der Waals surface area (Å²) < 4.78 is 5.94. The third kappa shape index (κ3) is 2.57. The number of nitrogens with zero attached hydrogens (tertiary/aromatic N) is 2. The molecule has 2 heterocycles. The van der Waals surface area contributed by atoms with Gasteiger partial charge >= 0.3 is 11.9 Å². The summed E-state index contributed by atoms with van der Waals surface area (Å²) in [5, 5.41) is 12.7. The zero-order valence-electron chi connectivity index (χ0n) is 9.49. The molecule has 0 amide bonds. The predicted octanol–water partition coefficient (Wildman–Crippen LogP) is 1.48. The van der Waals surface area contributed by atoms with Gasteiger partial charge in [-0.3, -0.25) is 9.48 Å². The second-order valence-corrected chi connectivity index (χ2v) is 4.53. The largest absolute Gasteiger partial charge is 0.480 e. The van der Waals surface area contributed by atoms with Gasteiger partial charge in [0.1, 0.15) is 17.1 Å². The number of carboxylic acid groups (broad SMARTS) is 1. The summed E-state index contributed by atoms with van der Waals surface area (Å²) in [6.07, 6.45) is 1.58. The topological polar surface area (TPSA) is 81.4 Å². The van der Waals surface area contributed by atoms with Crippen molar-refractivity contribution in [3.8, 4) is 10.6 Å². The predicted molar refractivity (Wildman–Crippen MR) is 64.5 cm³/mol. The number of rotatable bonds is 4. The van der Waals surface area contributed by atoms with E-state index in [9.17, 15) is 9.59 Å². The molecule has 0 saturated heterocycles. The van der Waals surface area contributed by atoms with E-state index in [-0.39, 0.29) is 6.54 Å². The zero-order valence-corrected chi connectivity index (χ0v) is 10.3. The van der Waals surface area contributed by atoms with Gasteiger partial charge in [-0.15, -0.1) is 11.3 Å². The van der Waals surface area contributed by atoms with Gasteiger partial charge in [-0.25, -0.2) is 4.79 Å². The summed E-state index contributed by atoms with van der Waals surface area (Å²) in [5.41, 5.74) is 0.636. The van der Waals surface area contributed by atoms with Crippen LogP contribution < -0.4 is 0 Å². The Bertz CT molecular complexity index is 587. The van der Waals surface area contributed by atoms with E-state index < -0.39 is 11.9 Å². The molecular formula is C11H10N2O4S. The highest BCUT2D eigenvalue weighted by atomic mass is 32.1. The van der Waals surface area contributed by atoms with Crippen LogP contribution in [-0.2, 0) is 16.1 Å². The average molecular weight is 266 g/mol. The van der Waals surface area contributed by atoms with E-state index in [0.29, 0.717) is 10.6 Å². The van der Waals surface area contributed by atoms with Gasteiger partial charge in [0.05, 0.1) is 12.0 Å². The number of hydrogen-bond acceptors (Lipinski definition) is 5. The lowest BCUT2D eigenvalue weighted by molar-refractivity contribution is -0.137. The van der Waals surface area contributed by atoms with Gasteiger partial charge in [0.15, 0.2) is 0 Å². The second kappa shape index (κ2) is 5.01. The van der Waals surface area contributed by atoms with E-state index in [1.165, 1.54) is 23.1 Å². The monoisotopic (exact) mass is 266 g/mol. The standard InChI is InChI=1S/C11H10N2O4S/c1-17-11(16)9-3-2-8(18-9)7-4-5-13(12-7)6-10(14)15/h2-5H,6H2,1H3,(H,14,15). The molecule has 0 saturated carbocycles. The lowest BCUT2D eigenvalue weighted by Gasteiger charge is -1.94. The van der Waals surface area contributed by atoms with Crippen molar-refractivity contribution in [1.82, 2.24) is 9.78 Å². The Kier molecular flexibility index (Phi) is 3.42. The van der Waals surface area contributed by atoms with Crippen LogP contribution in [0.4, 0.5) is 0 Å². The Morgan fingerprint density at radius 3 is 2.89 bits per heavy atom. The number of carbonyl (C=O) groups excluding carboxylic acids is 1. The van der Waals surface area contributed by atoms with Gasteiger partial charge in [-0.2, -0.15) is 5.10 Å². The number of carboxylic acids is 1. The van der Waals surface area contributed by atoms with Crippen molar-refractivity contribution in [2.75, 3.05) is 7.11 Å². The molecule has 0 unspecified atom stereocenters. The molecule has 0 aliphatic carbocycles. The Labute approximate surface area is 106 Å². The molecule has 0 atom stereocenters. The Morgan fingerprint density at radius 2 is 2.22 bits per heavy atom. The molecule has 0 aliphatic heterocycles. The number of ether oxygens (including phenoxy) is 1. The lowest BCUT2D eigenvalue weighted by atomic mass is 10.3. The fourth-order valence-corrected chi connectivity index (χ4v) is 2.29. The van der Waals surface area contributed by atoms with Crippen LogP contribution in [0.25, 0.3) is 10.6 Å². The quantitative estimate of drug-likeness (QED) is 0.848. The maximum atomic E-state index is 11.3. The van der Waals surface area contributed by atoms with Crippen LogP contribution in [0.5, 0.6) is 0 Å². The molecule has 0 spiro atoms. The van der Waals surface area contributed by atoms with Crippen molar-refractivity contribution in [1.29, 1.82) is 0 Å². The van der Waals surface area contributed by atoms with Gasteiger partial charge in [0, 0.05) is 6.20 Å². The van der Waals surface area contributed by atoms with E-state index in [1.54, 1.807) is 24.4 Å². The van der Waals surface area contributed by atoms with Crippen LogP contribution in [0, 0.1) is 0 Å². The van der Waals surface area contributed by atoms with Crippen LogP contribution in [0.1, 0.15) is 9.67 Å². The van der Waals surface area contributed by atoms with Crippen LogP contribution in [-0.4, -0.2) is 33.9 Å². The van der Waals surface area contributed by atoms with Crippen LogP contribution >= 0.6 is 11.3 Å². The molecule has 2 aromatic heterocycles. The Balaban J connectivity index is 2.21. The van der Waals surface area contributed by atoms with Gasteiger partial charge < -0.3 is 9.84 Å². The first-order chi connectivity index (χ1) is 8.60. The first kappa shape index (κ1) is 12.3. The number of thiophene rings is 1. The van der Waals surface area contributed by atoms with Gasteiger partial charge in [0.25, 0.3) is 0 Å². The SMILES string of the molecule is COC(=O)c1ccc(-c2ccn(CC(=O)O)n2)s1. The fraction of sp³-hybridized carbons (Fsp3) is 0.182. The molecule has 1 N–H and O–H groups in total. The lowest BCUT2D eigenvalue weighted by Crippen LogP contribution is -2.08. The Morgan fingerprint density at radius 1 is 1.44 bits per heavy atom. The van der Waals surface area contributed by atoms with E-state index in [4.69, 9.17) is 5.11 Å². The molecule has 0 radical (unpaired) electrons. The fourth-order valence-electron chi connectivity index (χ4n) is 1.41. The summed E-state index contributed by atoms with van der Waals surface area (Å²) >= 11 is 1.25. The van der Waals surface area contributed by atoms with Gasteiger partial charge in [-0.1, -0.05) is 0 Å². The number of hydrogen-bond donors (Lipinski definition) is 1. The number of carbonyl (C=O) groups is 2. The highest BCUT2D eigenvalue weighted by Gasteiger charge is 2.12. The molecule has 0 fully saturated rings. The van der Waals surface area contributed by atoms with Crippen molar-refractivity contribution in [2.24, 2.45) is 0 Å². The summed E-state index contributed by atoms with van der Waals surface area (Å²) in [4.78, 5) is 23.1. The summed E-state index contributed by atoms with van der Waals surface area (Å²) in [6.45, 7) is -0.185. The van der Waals surface area contributed by atoms with Crippen LogP contribution in [0.15, 0.2) is 24.4 Å². The minimum Gasteiger partial charge on any atom is -0.480 e. The van der Waals surface area contributed by atoms with E-state index in [1.807, 2.05) is 0 Å². The molecule has 0 aromatic carbocycles. The normalized spacial score (nSPS) is 10.3. The molecule has 18 heavy (non-hydrogen) atoms. The van der Waals surface area contributed by atoms with E-state index in [2.05, 4.69) is 9.84 Å². The summed E-state index contributed by atoms with van der Waals surface area (Å²) in [7, 11) is 1.32. The summed E-state index contributed by atoms with van der Waals surface area (Å²) in [5.74, 6) is -1.35. The number of aromatic nitrogens is 2. The van der Waals surface area contributed by atoms with E-state index >= 15 is 0 Å². The Hall–Kier alpha value is -2.15. The van der Waals surface area contributed by atoms with Gasteiger partial charge in [-0.05, 0) is 18.2 Å². The first-order valence-corrected chi connectivity index (χ1v) is 5.85. The second-order valence-electron chi connectivity index (χ2n) is 3.45. The van der Waals surface area contributed by atoms with E-state index in [0.717, 1.165) is 4.88 Å². The van der Waals surface area contributed by atoms with Crippen LogP contribution in [0.3, 0.4) is 0 Å². The van der Waals surface area contributed by atoms with Crippen molar-refractivity contribution in [3.05, 3.63) is 29.3 Å². The third-order valence-corrected chi connectivity index (χ3v) is 3.27. The molecule has 2 rings (SSSR count). The van der Waals surface area contributed by atoms with Crippen LogP contribution in [0.2, 0.25) is 0 Å². The minimum atomic E-state index is -0.953. The molecule has 0 bridgehead atoms. The van der Waals surface area contributed by atoms with Crippen molar-refractivity contribution < 1.29 is 19.4 Å². The maximum absolute atomic E-state index is 11.3. The smallest absolute Gasteiger partial charge is 0.348 e. The molecule has 0 aliphatic rings. The molecule has 6 nitrogen and oxygen atoms in total. The van der Waals surface area contributed by atoms with Gasteiger partial charge in [0.2, 0.25) is 0 Å². The van der Waals surface area contributed by atoms with Crippen molar-refractivity contribution in [2.45, 2.75) is 6.54 Å². The maximum Gasteiger partial charge on any atom is 0.348 e. The molecular weight excluding hydrogens is 256 g/mol.